The van der Waals surface area contributed by atoms with Gasteiger partial charge in [-0.3, -0.25) is 0 Å². The van der Waals surface area contributed by atoms with Crippen LogP contribution in [0.5, 0.6) is 5.75 Å². The van der Waals surface area contributed by atoms with Crippen LogP contribution in [0.1, 0.15) is 15.9 Å². The number of carbonyl (C=O) groups is 1. The molecule has 110 valence electrons. The Balaban J connectivity index is 1.78. The maximum Gasteiger partial charge on any atom is 0.338 e. The molecule has 2 N–H and O–H groups in total. The summed E-state index contributed by atoms with van der Waals surface area (Å²) in [4.78, 5) is 11.9. The zero-order valence-electron chi connectivity index (χ0n) is 11.8. The van der Waals surface area contributed by atoms with Crippen LogP contribution in [-0.4, -0.2) is 25.7 Å². The quantitative estimate of drug-likeness (QED) is 0.627. The van der Waals surface area contributed by atoms with Gasteiger partial charge in [-0.05, 0) is 42.8 Å². The molecule has 2 rings (SSSR count). The molecule has 0 spiro atoms. The molecule has 0 bridgehead atoms. The maximum atomic E-state index is 11.9. The maximum absolute atomic E-state index is 11.9. The molecule has 0 aliphatic rings. The van der Waals surface area contributed by atoms with Crippen molar-refractivity contribution in [2.75, 3.05) is 19.8 Å². The first-order valence-electron chi connectivity index (χ1n) is 6.93. The van der Waals surface area contributed by atoms with Crippen molar-refractivity contribution in [3.05, 3.63) is 65.7 Å². The van der Waals surface area contributed by atoms with Crippen molar-refractivity contribution >= 4 is 5.97 Å². The summed E-state index contributed by atoms with van der Waals surface area (Å²) >= 11 is 0. The van der Waals surface area contributed by atoms with Gasteiger partial charge >= 0.3 is 5.97 Å². The van der Waals surface area contributed by atoms with Crippen LogP contribution in [-0.2, 0) is 11.2 Å². The van der Waals surface area contributed by atoms with E-state index >= 15 is 0 Å². The molecule has 0 unspecified atom stereocenters. The van der Waals surface area contributed by atoms with Crippen LogP contribution in [0.25, 0.3) is 0 Å². The van der Waals surface area contributed by atoms with E-state index in [1.165, 1.54) is 0 Å². The number of para-hydroxylation sites is 1. The second-order valence-corrected chi connectivity index (χ2v) is 4.54. The van der Waals surface area contributed by atoms with E-state index < -0.39 is 0 Å². The third-order valence-electron chi connectivity index (χ3n) is 2.92. The Morgan fingerprint density at radius 3 is 2.57 bits per heavy atom. The van der Waals surface area contributed by atoms with E-state index in [4.69, 9.17) is 15.2 Å². The van der Waals surface area contributed by atoms with E-state index in [-0.39, 0.29) is 12.6 Å². The van der Waals surface area contributed by atoms with Gasteiger partial charge in [-0.1, -0.05) is 30.3 Å². The number of ether oxygens (including phenoxy) is 2. The average molecular weight is 285 g/mol. The van der Waals surface area contributed by atoms with Crippen molar-refractivity contribution in [1.29, 1.82) is 0 Å². The lowest BCUT2D eigenvalue weighted by molar-refractivity contribution is 0.0450. The SMILES string of the molecule is NCCc1cccc(C(=O)OCCOc2ccccc2)c1. The molecule has 2 aromatic rings. The van der Waals surface area contributed by atoms with Gasteiger partial charge in [0.1, 0.15) is 19.0 Å². The molecule has 0 saturated carbocycles. The molecule has 0 radical (unpaired) electrons. The highest BCUT2D eigenvalue weighted by molar-refractivity contribution is 5.89. The van der Waals surface area contributed by atoms with Crippen LogP contribution in [0.4, 0.5) is 0 Å². The summed E-state index contributed by atoms with van der Waals surface area (Å²) in [6.07, 6.45) is 0.748. The van der Waals surface area contributed by atoms with E-state index in [1.807, 2.05) is 48.5 Å². The van der Waals surface area contributed by atoms with Gasteiger partial charge in [0.2, 0.25) is 0 Å². The molecule has 21 heavy (non-hydrogen) atoms. The molecule has 0 aromatic heterocycles. The van der Waals surface area contributed by atoms with E-state index in [0.717, 1.165) is 17.7 Å². The zero-order chi connectivity index (χ0) is 14.9. The summed E-state index contributed by atoms with van der Waals surface area (Å²) in [6.45, 7) is 1.11. The van der Waals surface area contributed by atoms with Crippen molar-refractivity contribution in [3.63, 3.8) is 0 Å². The number of hydrogen-bond acceptors (Lipinski definition) is 4. The van der Waals surface area contributed by atoms with E-state index in [0.29, 0.717) is 18.7 Å². The molecule has 0 saturated heterocycles. The van der Waals surface area contributed by atoms with Crippen molar-refractivity contribution < 1.29 is 14.3 Å². The summed E-state index contributed by atoms with van der Waals surface area (Å²) in [5.74, 6) is 0.420. The van der Waals surface area contributed by atoms with Crippen molar-refractivity contribution in [2.45, 2.75) is 6.42 Å². The summed E-state index contributed by atoms with van der Waals surface area (Å²) in [5.41, 5.74) is 7.08. The average Bonchev–Trinajstić information content (AvgIpc) is 2.53. The predicted octanol–water partition coefficient (Wildman–Crippen LogP) is 2.42. The van der Waals surface area contributed by atoms with E-state index in [1.54, 1.807) is 6.07 Å². The standard InChI is InChI=1S/C17H19NO3/c18-10-9-14-5-4-6-15(13-14)17(19)21-12-11-20-16-7-2-1-3-8-16/h1-8,13H,9-12,18H2. The van der Waals surface area contributed by atoms with Gasteiger partial charge < -0.3 is 15.2 Å². The van der Waals surface area contributed by atoms with Gasteiger partial charge in [-0.15, -0.1) is 0 Å². The fourth-order valence-electron chi connectivity index (χ4n) is 1.91. The van der Waals surface area contributed by atoms with Crippen LogP contribution < -0.4 is 10.5 Å². The monoisotopic (exact) mass is 285 g/mol. The number of rotatable bonds is 7. The van der Waals surface area contributed by atoms with Gasteiger partial charge in [0, 0.05) is 0 Å². The second-order valence-electron chi connectivity index (χ2n) is 4.54. The Morgan fingerprint density at radius 2 is 1.81 bits per heavy atom. The number of benzene rings is 2. The topological polar surface area (TPSA) is 61.6 Å². The number of esters is 1. The van der Waals surface area contributed by atoms with Crippen LogP contribution in [0.3, 0.4) is 0 Å². The molecule has 2 aromatic carbocycles. The highest BCUT2D eigenvalue weighted by Gasteiger charge is 2.07. The lowest BCUT2D eigenvalue weighted by atomic mass is 10.1. The van der Waals surface area contributed by atoms with Gasteiger partial charge in [0.25, 0.3) is 0 Å². The van der Waals surface area contributed by atoms with Crippen molar-refractivity contribution in [1.82, 2.24) is 0 Å². The summed E-state index contributed by atoms with van der Waals surface area (Å²) in [6, 6.07) is 16.8. The van der Waals surface area contributed by atoms with Crippen LogP contribution >= 0.6 is 0 Å². The Labute approximate surface area is 124 Å². The molecular formula is C17H19NO3. The molecule has 0 amide bonds. The molecule has 0 atom stereocenters. The Bertz CT molecular complexity index is 569. The lowest BCUT2D eigenvalue weighted by Gasteiger charge is -2.08. The summed E-state index contributed by atoms with van der Waals surface area (Å²) in [7, 11) is 0. The molecule has 0 fully saturated rings. The molecule has 4 nitrogen and oxygen atoms in total. The third kappa shape index (κ3) is 4.93. The summed E-state index contributed by atoms with van der Waals surface area (Å²) in [5, 5.41) is 0. The molecule has 0 heterocycles. The summed E-state index contributed by atoms with van der Waals surface area (Å²) < 4.78 is 10.6. The lowest BCUT2D eigenvalue weighted by Crippen LogP contribution is -2.13. The fourth-order valence-corrected chi connectivity index (χ4v) is 1.91. The van der Waals surface area contributed by atoms with Crippen molar-refractivity contribution in [3.8, 4) is 5.75 Å². The minimum atomic E-state index is -0.342. The van der Waals surface area contributed by atoms with Crippen LogP contribution in [0.15, 0.2) is 54.6 Å². The normalized spacial score (nSPS) is 10.1. The Kier molecular flexibility index (Phi) is 5.79. The van der Waals surface area contributed by atoms with Crippen molar-refractivity contribution in [2.24, 2.45) is 5.73 Å². The van der Waals surface area contributed by atoms with Gasteiger partial charge in [-0.2, -0.15) is 0 Å². The third-order valence-corrected chi connectivity index (χ3v) is 2.92. The predicted molar refractivity (Wildman–Crippen MR) is 81.4 cm³/mol. The molecular weight excluding hydrogens is 266 g/mol. The first-order valence-corrected chi connectivity index (χ1v) is 6.93. The first-order chi connectivity index (χ1) is 10.3. The van der Waals surface area contributed by atoms with Crippen LogP contribution in [0.2, 0.25) is 0 Å². The van der Waals surface area contributed by atoms with Gasteiger partial charge in [0.15, 0.2) is 0 Å². The first kappa shape index (κ1) is 15.1. The number of carbonyl (C=O) groups excluding carboxylic acids is 1. The zero-order valence-corrected chi connectivity index (χ0v) is 11.8. The molecule has 4 heteroatoms. The van der Waals surface area contributed by atoms with Crippen LogP contribution in [0, 0.1) is 0 Å². The Morgan fingerprint density at radius 1 is 1.00 bits per heavy atom. The second kappa shape index (κ2) is 8.07. The number of nitrogens with two attached hydrogens (primary N) is 1. The highest BCUT2D eigenvalue weighted by atomic mass is 16.6. The minimum absolute atomic E-state index is 0.217. The van der Waals surface area contributed by atoms with E-state index in [9.17, 15) is 4.79 Å². The molecule has 0 aliphatic heterocycles. The largest absolute Gasteiger partial charge is 0.490 e. The fraction of sp³-hybridized carbons (Fsp3) is 0.235. The Hall–Kier alpha value is -2.33. The van der Waals surface area contributed by atoms with Gasteiger partial charge in [0.05, 0.1) is 5.56 Å². The highest BCUT2D eigenvalue weighted by Crippen LogP contribution is 2.09. The van der Waals surface area contributed by atoms with E-state index in [2.05, 4.69) is 0 Å². The molecule has 0 aliphatic carbocycles. The smallest absolute Gasteiger partial charge is 0.338 e. The minimum Gasteiger partial charge on any atom is -0.490 e. The number of hydrogen-bond donors (Lipinski definition) is 1. The van der Waals surface area contributed by atoms with Gasteiger partial charge in [-0.25, -0.2) is 4.79 Å².